The first-order valence-corrected chi connectivity index (χ1v) is 5.11. The predicted molar refractivity (Wildman–Crippen MR) is 61.1 cm³/mol. The Morgan fingerprint density at radius 1 is 1.56 bits per heavy atom. The number of rotatable bonds is 5. The van der Waals surface area contributed by atoms with Crippen LogP contribution in [0.1, 0.15) is 26.7 Å². The van der Waals surface area contributed by atoms with Crippen LogP contribution in [0.3, 0.4) is 0 Å². The van der Waals surface area contributed by atoms with Crippen LogP contribution in [0.15, 0.2) is 6.20 Å². The van der Waals surface area contributed by atoms with E-state index in [9.17, 15) is 10.1 Å². The molecule has 7 heteroatoms. The van der Waals surface area contributed by atoms with Crippen LogP contribution in [0, 0.1) is 10.1 Å². The van der Waals surface area contributed by atoms with Crippen molar-refractivity contribution in [2.45, 2.75) is 32.7 Å². The van der Waals surface area contributed by atoms with Crippen LogP contribution in [-0.2, 0) is 0 Å². The van der Waals surface area contributed by atoms with Crippen molar-refractivity contribution in [1.29, 1.82) is 0 Å². The van der Waals surface area contributed by atoms with Gasteiger partial charge in [-0.1, -0.05) is 13.8 Å². The van der Waals surface area contributed by atoms with Crippen LogP contribution in [0.5, 0.6) is 0 Å². The van der Waals surface area contributed by atoms with Crippen LogP contribution in [0.4, 0.5) is 17.5 Å². The number of aromatic nitrogens is 2. The first kappa shape index (κ1) is 12.2. The van der Waals surface area contributed by atoms with Gasteiger partial charge in [0.15, 0.2) is 0 Å². The van der Waals surface area contributed by atoms with Crippen molar-refractivity contribution in [2.24, 2.45) is 0 Å². The van der Waals surface area contributed by atoms with Crippen LogP contribution in [-0.4, -0.2) is 20.9 Å². The molecule has 0 bridgehead atoms. The van der Waals surface area contributed by atoms with Crippen molar-refractivity contribution in [3.8, 4) is 0 Å². The number of hydrogen-bond acceptors (Lipinski definition) is 6. The lowest BCUT2D eigenvalue weighted by Crippen LogP contribution is -2.19. The highest BCUT2D eigenvalue weighted by Gasteiger charge is 2.15. The summed E-state index contributed by atoms with van der Waals surface area (Å²) in [7, 11) is 0. The van der Waals surface area contributed by atoms with Crippen LogP contribution in [0.2, 0.25) is 0 Å². The van der Waals surface area contributed by atoms with Gasteiger partial charge in [-0.15, -0.1) is 0 Å². The number of nitrogens with zero attached hydrogens (tertiary/aromatic N) is 3. The number of hydrogen-bond donors (Lipinski definition) is 2. The second-order valence-electron chi connectivity index (χ2n) is 3.38. The van der Waals surface area contributed by atoms with E-state index in [0.29, 0.717) is 5.95 Å². The van der Waals surface area contributed by atoms with Crippen molar-refractivity contribution in [3.05, 3.63) is 16.3 Å². The summed E-state index contributed by atoms with van der Waals surface area (Å²) in [6, 6.07) is 0.251. The molecule has 0 aliphatic carbocycles. The van der Waals surface area contributed by atoms with E-state index in [4.69, 9.17) is 5.73 Å². The van der Waals surface area contributed by atoms with Gasteiger partial charge in [0.1, 0.15) is 6.20 Å². The summed E-state index contributed by atoms with van der Waals surface area (Å²) in [5.74, 6) is 0.213. The molecule has 0 atom stereocenters. The predicted octanol–water partition coefficient (Wildman–Crippen LogP) is 1.57. The molecule has 3 N–H and O–H groups in total. The first-order valence-electron chi connectivity index (χ1n) is 5.11. The monoisotopic (exact) mass is 225 g/mol. The molecule has 0 fully saturated rings. The lowest BCUT2D eigenvalue weighted by molar-refractivity contribution is -0.384. The molecular weight excluding hydrogens is 210 g/mol. The van der Waals surface area contributed by atoms with Gasteiger partial charge in [-0.3, -0.25) is 10.1 Å². The van der Waals surface area contributed by atoms with E-state index in [0.717, 1.165) is 19.0 Å². The molecule has 0 aromatic carbocycles. The Morgan fingerprint density at radius 2 is 2.19 bits per heavy atom. The molecule has 0 aliphatic rings. The molecule has 0 unspecified atom stereocenters. The van der Waals surface area contributed by atoms with Crippen molar-refractivity contribution in [3.63, 3.8) is 0 Å². The number of anilines is 2. The second-order valence-corrected chi connectivity index (χ2v) is 3.38. The lowest BCUT2D eigenvalue weighted by atomic mass is 10.2. The Kier molecular flexibility index (Phi) is 3.98. The molecule has 16 heavy (non-hydrogen) atoms. The molecule has 1 aromatic heterocycles. The molecule has 1 heterocycles. The Hall–Kier alpha value is -1.92. The highest BCUT2D eigenvalue weighted by Crippen LogP contribution is 2.18. The zero-order valence-corrected chi connectivity index (χ0v) is 9.30. The molecule has 88 valence electrons. The van der Waals surface area contributed by atoms with Gasteiger partial charge in [0.25, 0.3) is 0 Å². The maximum Gasteiger partial charge on any atom is 0.329 e. The number of nitro groups is 1. The smallest absolute Gasteiger partial charge is 0.329 e. The van der Waals surface area contributed by atoms with Crippen LogP contribution >= 0.6 is 0 Å². The largest absolute Gasteiger partial charge is 0.378 e. The minimum Gasteiger partial charge on any atom is -0.378 e. The van der Waals surface area contributed by atoms with E-state index in [1.807, 2.05) is 13.8 Å². The van der Waals surface area contributed by atoms with Gasteiger partial charge in [-0.2, -0.15) is 4.98 Å². The summed E-state index contributed by atoms with van der Waals surface area (Å²) >= 11 is 0. The van der Waals surface area contributed by atoms with Crippen LogP contribution in [0.25, 0.3) is 0 Å². The fourth-order valence-corrected chi connectivity index (χ4v) is 1.27. The zero-order valence-electron chi connectivity index (χ0n) is 9.30. The molecule has 0 saturated carbocycles. The molecular formula is C9H15N5O2. The molecule has 0 amide bonds. The Bertz CT molecular complexity index is 378. The van der Waals surface area contributed by atoms with Crippen molar-refractivity contribution in [2.75, 3.05) is 11.1 Å². The number of nitrogens with one attached hydrogen (secondary N) is 1. The lowest BCUT2D eigenvalue weighted by Gasteiger charge is -2.14. The molecule has 0 saturated heterocycles. The molecule has 7 nitrogen and oxygen atoms in total. The summed E-state index contributed by atoms with van der Waals surface area (Å²) in [6.07, 6.45) is 2.97. The third kappa shape index (κ3) is 2.78. The molecule has 0 aliphatic heterocycles. The zero-order chi connectivity index (χ0) is 12.1. The van der Waals surface area contributed by atoms with E-state index in [1.165, 1.54) is 0 Å². The highest BCUT2D eigenvalue weighted by molar-refractivity contribution is 5.53. The normalized spacial score (nSPS) is 10.4. The Labute approximate surface area is 93.2 Å². The summed E-state index contributed by atoms with van der Waals surface area (Å²) in [6.45, 7) is 4.08. The molecule has 1 aromatic rings. The molecule has 0 radical (unpaired) electrons. The maximum atomic E-state index is 10.5. The quantitative estimate of drug-likeness (QED) is 0.581. The number of nitrogens with two attached hydrogens (primary N) is 1. The van der Waals surface area contributed by atoms with E-state index in [2.05, 4.69) is 15.3 Å². The van der Waals surface area contributed by atoms with Gasteiger partial charge < -0.3 is 11.1 Å². The third-order valence-electron chi connectivity index (χ3n) is 2.31. The number of nitrogen functional groups attached to an aromatic ring is 1. The average Bonchev–Trinajstić information content (AvgIpc) is 2.25. The first-order chi connectivity index (χ1) is 7.58. The standard InChI is InChI=1S/C9H15N5O2/c1-3-6(4-2)12-9-11-5-7(14(15)16)8(10)13-9/h5-6H,3-4H2,1-2H3,(H3,10,11,12,13). The SMILES string of the molecule is CCC(CC)Nc1ncc([N+](=O)[O-])c(N)n1. The minimum absolute atomic E-state index is 0.117. The van der Waals surface area contributed by atoms with Gasteiger partial charge in [-0.25, -0.2) is 4.98 Å². The third-order valence-corrected chi connectivity index (χ3v) is 2.31. The Balaban J connectivity index is 2.84. The van der Waals surface area contributed by atoms with Gasteiger partial charge in [0, 0.05) is 6.04 Å². The van der Waals surface area contributed by atoms with Gasteiger partial charge >= 0.3 is 5.69 Å². The fourth-order valence-electron chi connectivity index (χ4n) is 1.27. The van der Waals surface area contributed by atoms with Gasteiger partial charge in [0.2, 0.25) is 11.8 Å². The summed E-state index contributed by atoms with van der Waals surface area (Å²) in [5.41, 5.74) is 5.18. The minimum atomic E-state index is -0.601. The van der Waals surface area contributed by atoms with E-state index >= 15 is 0 Å². The highest BCUT2D eigenvalue weighted by atomic mass is 16.6. The van der Waals surface area contributed by atoms with E-state index in [-0.39, 0.29) is 17.5 Å². The van der Waals surface area contributed by atoms with Gasteiger partial charge in [-0.05, 0) is 12.8 Å². The Morgan fingerprint density at radius 3 is 2.62 bits per heavy atom. The summed E-state index contributed by atoms with van der Waals surface area (Å²) in [4.78, 5) is 17.6. The summed E-state index contributed by atoms with van der Waals surface area (Å²) in [5, 5.41) is 13.6. The maximum absolute atomic E-state index is 10.5. The van der Waals surface area contributed by atoms with E-state index in [1.54, 1.807) is 0 Å². The van der Waals surface area contributed by atoms with Crippen molar-refractivity contribution in [1.82, 2.24) is 9.97 Å². The average molecular weight is 225 g/mol. The van der Waals surface area contributed by atoms with Crippen LogP contribution < -0.4 is 11.1 Å². The van der Waals surface area contributed by atoms with Gasteiger partial charge in [0.05, 0.1) is 4.92 Å². The second kappa shape index (κ2) is 5.24. The van der Waals surface area contributed by atoms with Crippen molar-refractivity contribution < 1.29 is 4.92 Å². The van der Waals surface area contributed by atoms with E-state index < -0.39 is 4.92 Å². The van der Waals surface area contributed by atoms with Crippen molar-refractivity contribution >= 4 is 17.5 Å². The summed E-state index contributed by atoms with van der Waals surface area (Å²) < 4.78 is 0. The fraction of sp³-hybridized carbons (Fsp3) is 0.556. The topological polar surface area (TPSA) is 107 Å². The molecule has 0 spiro atoms. The molecule has 1 rings (SSSR count).